The minimum Gasteiger partial charge on any atom is -0.299 e. The summed E-state index contributed by atoms with van der Waals surface area (Å²) >= 11 is 0. The molecule has 136 valence electrons. The lowest BCUT2D eigenvalue weighted by molar-refractivity contribution is -0.118. The molecule has 0 radical (unpaired) electrons. The van der Waals surface area contributed by atoms with Gasteiger partial charge in [0.2, 0.25) is 0 Å². The fraction of sp³-hybridized carbons (Fsp3) is 0.263. The molecule has 0 spiro atoms. The van der Waals surface area contributed by atoms with Gasteiger partial charge in [-0.3, -0.25) is 14.8 Å². The zero-order chi connectivity index (χ0) is 18.8. The van der Waals surface area contributed by atoms with E-state index in [1.54, 1.807) is 18.6 Å². The molecular weight excluding hydrogens is 344 g/mol. The standard InChI is InChI=1S/C19H18N6O2/c1-12-7-16(5-6-20-12)25-19-11-21-15(8-14(19)10-22-25)9-17(26)3-4-18-13(2)23-27-24-18/h5-8,10-11H,3-4,9H2,1-2H3. The number of Topliss-reactive ketones (excluding diaryl/α,β-unsaturated/α-hetero) is 1. The van der Waals surface area contributed by atoms with Crippen LogP contribution in [0.3, 0.4) is 0 Å². The number of pyridine rings is 2. The normalized spacial score (nSPS) is 11.2. The SMILES string of the molecule is Cc1cc(-n2ncc3cc(CC(=O)CCc4nonc4C)ncc32)ccn1. The molecule has 0 amide bonds. The van der Waals surface area contributed by atoms with Crippen molar-refractivity contribution in [2.75, 3.05) is 0 Å². The highest BCUT2D eigenvalue weighted by Gasteiger charge is 2.12. The Morgan fingerprint density at radius 1 is 1.15 bits per heavy atom. The molecular formula is C19H18N6O2. The number of hydrogen-bond acceptors (Lipinski definition) is 7. The van der Waals surface area contributed by atoms with E-state index < -0.39 is 0 Å². The Hall–Kier alpha value is -3.42. The Kier molecular flexibility index (Phi) is 4.45. The first kappa shape index (κ1) is 17.0. The van der Waals surface area contributed by atoms with Crippen molar-refractivity contribution in [2.24, 2.45) is 0 Å². The molecule has 0 saturated carbocycles. The van der Waals surface area contributed by atoms with Gasteiger partial charge >= 0.3 is 0 Å². The molecule has 0 aliphatic rings. The van der Waals surface area contributed by atoms with Crippen LogP contribution in [0.15, 0.2) is 41.4 Å². The Bertz CT molecular complexity index is 1110. The van der Waals surface area contributed by atoms with Gasteiger partial charge in [0, 0.05) is 42.2 Å². The van der Waals surface area contributed by atoms with Gasteiger partial charge < -0.3 is 0 Å². The molecule has 4 heterocycles. The van der Waals surface area contributed by atoms with Crippen molar-refractivity contribution < 1.29 is 9.42 Å². The van der Waals surface area contributed by atoms with E-state index in [0.717, 1.165) is 39.4 Å². The smallest absolute Gasteiger partial charge is 0.139 e. The van der Waals surface area contributed by atoms with E-state index in [-0.39, 0.29) is 12.2 Å². The van der Waals surface area contributed by atoms with Crippen molar-refractivity contribution in [3.05, 3.63) is 59.6 Å². The number of aryl methyl sites for hydroxylation is 3. The van der Waals surface area contributed by atoms with Gasteiger partial charge in [0.15, 0.2) is 0 Å². The molecule has 8 heteroatoms. The number of hydrogen-bond donors (Lipinski definition) is 0. The van der Waals surface area contributed by atoms with Crippen molar-refractivity contribution in [2.45, 2.75) is 33.1 Å². The van der Waals surface area contributed by atoms with E-state index in [2.05, 4.69) is 30.0 Å². The van der Waals surface area contributed by atoms with E-state index in [0.29, 0.717) is 12.8 Å². The van der Waals surface area contributed by atoms with Gasteiger partial charge in [-0.25, -0.2) is 9.31 Å². The minimum atomic E-state index is 0.0985. The Balaban J connectivity index is 1.49. The fourth-order valence-electron chi connectivity index (χ4n) is 2.96. The van der Waals surface area contributed by atoms with Crippen molar-refractivity contribution in [3.8, 4) is 5.69 Å². The van der Waals surface area contributed by atoms with Crippen LogP contribution in [0.25, 0.3) is 16.6 Å². The molecule has 4 aromatic rings. The molecule has 0 aliphatic heterocycles. The minimum absolute atomic E-state index is 0.0985. The summed E-state index contributed by atoms with van der Waals surface area (Å²) in [5.41, 5.74) is 4.92. The van der Waals surface area contributed by atoms with Gasteiger partial charge in [-0.05, 0) is 32.0 Å². The van der Waals surface area contributed by atoms with Gasteiger partial charge in [0.25, 0.3) is 0 Å². The molecule has 0 aliphatic carbocycles. The third-order valence-corrected chi connectivity index (χ3v) is 4.40. The van der Waals surface area contributed by atoms with Crippen LogP contribution in [0.5, 0.6) is 0 Å². The maximum absolute atomic E-state index is 12.3. The number of rotatable bonds is 6. The van der Waals surface area contributed by atoms with E-state index in [9.17, 15) is 4.79 Å². The quantitative estimate of drug-likeness (QED) is 0.519. The maximum Gasteiger partial charge on any atom is 0.139 e. The van der Waals surface area contributed by atoms with E-state index in [1.165, 1.54) is 0 Å². The Labute approximate surface area is 155 Å². The van der Waals surface area contributed by atoms with E-state index in [1.807, 2.05) is 36.7 Å². The highest BCUT2D eigenvalue weighted by atomic mass is 16.6. The second-order valence-corrected chi connectivity index (χ2v) is 6.46. The second kappa shape index (κ2) is 7.06. The number of ketones is 1. The lowest BCUT2D eigenvalue weighted by Crippen LogP contribution is -2.06. The molecule has 4 aromatic heterocycles. The topological polar surface area (TPSA) is 99.6 Å². The molecule has 0 aromatic carbocycles. The summed E-state index contributed by atoms with van der Waals surface area (Å²) in [5.74, 6) is 0.0985. The number of carbonyl (C=O) groups is 1. The molecule has 0 atom stereocenters. The molecule has 0 saturated heterocycles. The zero-order valence-electron chi connectivity index (χ0n) is 15.1. The van der Waals surface area contributed by atoms with Gasteiger partial charge in [-0.1, -0.05) is 10.3 Å². The van der Waals surface area contributed by atoms with Crippen LogP contribution < -0.4 is 0 Å². The van der Waals surface area contributed by atoms with Crippen LogP contribution >= 0.6 is 0 Å². The molecule has 27 heavy (non-hydrogen) atoms. The van der Waals surface area contributed by atoms with E-state index in [4.69, 9.17) is 0 Å². The second-order valence-electron chi connectivity index (χ2n) is 6.46. The van der Waals surface area contributed by atoms with Gasteiger partial charge in [-0.15, -0.1) is 0 Å². The van der Waals surface area contributed by atoms with Crippen molar-refractivity contribution in [1.82, 2.24) is 30.1 Å². The first-order valence-corrected chi connectivity index (χ1v) is 8.65. The molecule has 8 nitrogen and oxygen atoms in total. The third kappa shape index (κ3) is 3.59. The highest BCUT2D eigenvalue weighted by Crippen LogP contribution is 2.19. The van der Waals surface area contributed by atoms with Crippen molar-refractivity contribution in [3.63, 3.8) is 0 Å². The summed E-state index contributed by atoms with van der Waals surface area (Å²) in [5, 5.41) is 12.9. The summed E-state index contributed by atoms with van der Waals surface area (Å²) in [6.45, 7) is 3.75. The number of nitrogens with zero attached hydrogens (tertiary/aromatic N) is 6. The van der Waals surface area contributed by atoms with Crippen LogP contribution in [-0.2, 0) is 17.6 Å². The van der Waals surface area contributed by atoms with Crippen LogP contribution in [-0.4, -0.2) is 35.8 Å². The predicted octanol–water partition coefficient (Wildman–Crippen LogP) is 2.56. The Morgan fingerprint density at radius 3 is 2.81 bits per heavy atom. The summed E-state index contributed by atoms with van der Waals surface area (Å²) in [6, 6.07) is 5.77. The summed E-state index contributed by atoms with van der Waals surface area (Å²) in [4.78, 5) is 20.9. The molecule has 0 fully saturated rings. The number of fused-ring (bicyclic) bond motifs is 1. The van der Waals surface area contributed by atoms with Crippen LogP contribution in [0.1, 0.15) is 29.2 Å². The van der Waals surface area contributed by atoms with Gasteiger partial charge in [0.05, 0.1) is 23.6 Å². The molecule has 0 N–H and O–H groups in total. The summed E-state index contributed by atoms with van der Waals surface area (Å²) in [7, 11) is 0. The predicted molar refractivity (Wildman–Crippen MR) is 97.5 cm³/mol. The zero-order valence-corrected chi connectivity index (χ0v) is 15.1. The van der Waals surface area contributed by atoms with Crippen molar-refractivity contribution >= 4 is 16.7 Å². The molecule has 0 unspecified atom stereocenters. The fourth-order valence-corrected chi connectivity index (χ4v) is 2.96. The average molecular weight is 362 g/mol. The first-order chi connectivity index (χ1) is 13.1. The molecule has 4 rings (SSSR count). The summed E-state index contributed by atoms with van der Waals surface area (Å²) < 4.78 is 6.48. The van der Waals surface area contributed by atoms with Crippen molar-refractivity contribution in [1.29, 1.82) is 0 Å². The largest absolute Gasteiger partial charge is 0.299 e. The maximum atomic E-state index is 12.3. The highest BCUT2D eigenvalue weighted by molar-refractivity contribution is 5.84. The number of carbonyl (C=O) groups excluding carboxylic acids is 1. The average Bonchev–Trinajstić information content (AvgIpc) is 3.25. The molecule has 0 bridgehead atoms. The third-order valence-electron chi connectivity index (χ3n) is 4.40. The van der Waals surface area contributed by atoms with Crippen LogP contribution in [0.4, 0.5) is 0 Å². The van der Waals surface area contributed by atoms with E-state index >= 15 is 0 Å². The van der Waals surface area contributed by atoms with Gasteiger partial charge in [-0.2, -0.15) is 5.10 Å². The lowest BCUT2D eigenvalue weighted by atomic mass is 10.1. The number of aromatic nitrogens is 6. The Morgan fingerprint density at radius 2 is 2.04 bits per heavy atom. The first-order valence-electron chi connectivity index (χ1n) is 8.65. The van der Waals surface area contributed by atoms with Gasteiger partial charge in [0.1, 0.15) is 17.2 Å². The lowest BCUT2D eigenvalue weighted by Gasteiger charge is -2.05. The summed E-state index contributed by atoms with van der Waals surface area (Å²) in [6.07, 6.45) is 6.47. The van der Waals surface area contributed by atoms with Crippen LogP contribution in [0.2, 0.25) is 0 Å². The van der Waals surface area contributed by atoms with Crippen LogP contribution in [0, 0.1) is 13.8 Å². The monoisotopic (exact) mass is 362 g/mol.